The van der Waals surface area contributed by atoms with Crippen molar-refractivity contribution in [2.24, 2.45) is 14.1 Å². The highest BCUT2D eigenvalue weighted by molar-refractivity contribution is 6.35. The Morgan fingerprint density at radius 3 is 2.34 bits per heavy atom. The van der Waals surface area contributed by atoms with Gasteiger partial charge in [0, 0.05) is 30.7 Å². The Balaban J connectivity index is 1.28. The maximum atomic E-state index is 12.1. The molecule has 1 heterocycles. The molecule has 0 radical (unpaired) electrons. The molecule has 32 heavy (non-hydrogen) atoms. The van der Waals surface area contributed by atoms with E-state index in [2.05, 4.69) is 17.4 Å². The van der Waals surface area contributed by atoms with Crippen LogP contribution in [0.4, 0.5) is 0 Å². The highest BCUT2D eigenvalue weighted by atomic mass is 35.5. The van der Waals surface area contributed by atoms with Crippen molar-refractivity contribution in [2.45, 2.75) is 19.6 Å². The molecular weight excluding hydrogens is 445 g/mol. The topological polar surface area (TPSA) is 48.2 Å². The van der Waals surface area contributed by atoms with Crippen molar-refractivity contribution in [2.75, 3.05) is 6.54 Å². The van der Waals surface area contributed by atoms with Gasteiger partial charge in [0.05, 0.1) is 11.0 Å². The minimum absolute atomic E-state index is 0.0291. The molecule has 1 N–H and O–H groups in total. The van der Waals surface area contributed by atoms with Crippen LogP contribution in [0, 0.1) is 0 Å². The van der Waals surface area contributed by atoms with E-state index in [0.717, 1.165) is 47.4 Å². The molecule has 166 valence electrons. The van der Waals surface area contributed by atoms with Gasteiger partial charge in [-0.2, -0.15) is 0 Å². The molecule has 0 aliphatic rings. The molecule has 1 aromatic heterocycles. The van der Waals surface area contributed by atoms with Gasteiger partial charge in [0.1, 0.15) is 12.4 Å². The first-order valence-corrected chi connectivity index (χ1v) is 11.2. The molecule has 0 unspecified atom stereocenters. The summed E-state index contributed by atoms with van der Waals surface area (Å²) < 4.78 is 9.24. The molecule has 0 atom stereocenters. The second-order valence-electron chi connectivity index (χ2n) is 7.82. The Kier molecular flexibility index (Phi) is 6.89. The number of fused-ring (bicyclic) bond motifs is 1. The van der Waals surface area contributed by atoms with Gasteiger partial charge in [-0.1, -0.05) is 47.5 Å². The van der Waals surface area contributed by atoms with Gasteiger partial charge in [-0.15, -0.1) is 0 Å². The number of aromatic nitrogens is 2. The Morgan fingerprint density at radius 1 is 0.875 bits per heavy atom. The number of benzene rings is 3. The summed E-state index contributed by atoms with van der Waals surface area (Å²) in [4.78, 5) is 12.1. The van der Waals surface area contributed by atoms with Crippen LogP contribution in [0.2, 0.25) is 10.0 Å². The van der Waals surface area contributed by atoms with E-state index in [4.69, 9.17) is 27.9 Å². The van der Waals surface area contributed by atoms with Gasteiger partial charge in [-0.05, 0) is 66.1 Å². The van der Waals surface area contributed by atoms with E-state index in [0.29, 0.717) is 16.7 Å². The summed E-state index contributed by atoms with van der Waals surface area (Å²) in [5, 5.41) is 4.79. The third-order valence-corrected chi connectivity index (χ3v) is 6.17. The zero-order valence-electron chi connectivity index (χ0n) is 18.1. The van der Waals surface area contributed by atoms with Crippen LogP contribution in [0.5, 0.6) is 5.75 Å². The van der Waals surface area contributed by atoms with Crippen LogP contribution in [0.3, 0.4) is 0 Å². The molecule has 4 aromatic rings. The Bertz CT molecular complexity index is 1290. The lowest BCUT2D eigenvalue weighted by molar-refractivity contribution is 0.306. The number of imidazole rings is 1. The number of nitrogens with one attached hydrogen (secondary N) is 1. The van der Waals surface area contributed by atoms with Crippen LogP contribution in [0.15, 0.2) is 65.5 Å². The lowest BCUT2D eigenvalue weighted by atomic mass is 10.1. The predicted octanol–water partition coefficient (Wildman–Crippen LogP) is 5.10. The molecule has 0 bridgehead atoms. The lowest BCUT2D eigenvalue weighted by Gasteiger charge is -2.09. The molecule has 0 spiro atoms. The second kappa shape index (κ2) is 9.82. The van der Waals surface area contributed by atoms with E-state index in [9.17, 15) is 4.79 Å². The molecule has 0 saturated carbocycles. The Morgan fingerprint density at radius 2 is 1.59 bits per heavy atom. The van der Waals surface area contributed by atoms with Crippen LogP contribution in [-0.4, -0.2) is 15.7 Å². The number of hydrogen-bond donors (Lipinski definition) is 1. The first-order chi connectivity index (χ1) is 15.4. The van der Waals surface area contributed by atoms with Crippen LogP contribution < -0.4 is 15.7 Å². The molecule has 0 fully saturated rings. The molecule has 5 nitrogen and oxygen atoms in total. The fourth-order valence-corrected chi connectivity index (χ4v) is 4.20. The number of rotatable bonds is 8. The van der Waals surface area contributed by atoms with Crippen LogP contribution in [0.1, 0.15) is 16.7 Å². The summed E-state index contributed by atoms with van der Waals surface area (Å²) in [5.74, 6) is 0.809. The standard InChI is InChI=1S/C25H25Cl2N3O2/c1-29-23-10-5-18(13-24(23)30(2)25(29)31)16-32-21-8-3-17(4-9-21)15-28-12-11-19-6-7-20(26)14-22(19)27/h3-10,13-14,28H,11-12,15-16H2,1-2H3. The van der Waals surface area contributed by atoms with E-state index in [-0.39, 0.29) is 5.69 Å². The lowest BCUT2D eigenvalue weighted by Crippen LogP contribution is -2.19. The predicted molar refractivity (Wildman–Crippen MR) is 131 cm³/mol. The van der Waals surface area contributed by atoms with Crippen LogP contribution >= 0.6 is 23.2 Å². The quantitative estimate of drug-likeness (QED) is 0.365. The van der Waals surface area contributed by atoms with Gasteiger partial charge in [0.25, 0.3) is 0 Å². The Hall–Kier alpha value is -2.73. The van der Waals surface area contributed by atoms with Crippen molar-refractivity contribution in [1.29, 1.82) is 0 Å². The van der Waals surface area contributed by atoms with E-state index in [1.165, 1.54) is 5.56 Å². The number of ether oxygens (including phenoxy) is 1. The maximum absolute atomic E-state index is 12.1. The molecule has 7 heteroatoms. The molecular formula is C25H25Cl2N3O2. The van der Waals surface area contributed by atoms with E-state index in [1.807, 2.05) is 42.5 Å². The minimum Gasteiger partial charge on any atom is -0.489 e. The second-order valence-corrected chi connectivity index (χ2v) is 8.66. The fourth-order valence-electron chi connectivity index (χ4n) is 3.69. The van der Waals surface area contributed by atoms with Gasteiger partial charge >= 0.3 is 5.69 Å². The van der Waals surface area contributed by atoms with Crippen molar-refractivity contribution in [3.05, 3.63) is 97.9 Å². The molecule has 4 rings (SSSR count). The summed E-state index contributed by atoms with van der Waals surface area (Å²) in [5.41, 5.74) is 5.07. The van der Waals surface area contributed by atoms with Crippen molar-refractivity contribution >= 4 is 34.2 Å². The number of aryl methyl sites for hydroxylation is 2. The third kappa shape index (κ3) is 5.01. The van der Waals surface area contributed by atoms with E-state index >= 15 is 0 Å². The summed E-state index contributed by atoms with van der Waals surface area (Å²) in [6.07, 6.45) is 0.842. The average Bonchev–Trinajstić information content (AvgIpc) is 3.01. The Labute approximate surface area is 197 Å². The maximum Gasteiger partial charge on any atom is 0.328 e. The van der Waals surface area contributed by atoms with Crippen molar-refractivity contribution < 1.29 is 4.74 Å². The summed E-state index contributed by atoms with van der Waals surface area (Å²) in [7, 11) is 3.57. The van der Waals surface area contributed by atoms with E-state index in [1.54, 1.807) is 29.3 Å². The van der Waals surface area contributed by atoms with Gasteiger partial charge in [-0.25, -0.2) is 4.79 Å². The molecule has 0 saturated heterocycles. The molecule has 3 aromatic carbocycles. The van der Waals surface area contributed by atoms with Crippen LogP contribution in [0.25, 0.3) is 11.0 Å². The highest BCUT2D eigenvalue weighted by Crippen LogP contribution is 2.21. The molecule has 0 amide bonds. The number of hydrogen-bond acceptors (Lipinski definition) is 3. The van der Waals surface area contributed by atoms with Gasteiger partial charge in [0.2, 0.25) is 0 Å². The normalized spacial score (nSPS) is 11.2. The van der Waals surface area contributed by atoms with E-state index < -0.39 is 0 Å². The zero-order valence-corrected chi connectivity index (χ0v) is 19.6. The van der Waals surface area contributed by atoms with Crippen molar-refractivity contribution in [3.63, 3.8) is 0 Å². The van der Waals surface area contributed by atoms with Gasteiger partial charge < -0.3 is 10.1 Å². The molecule has 0 aliphatic heterocycles. The summed E-state index contributed by atoms with van der Waals surface area (Å²) >= 11 is 12.2. The fraction of sp³-hybridized carbons (Fsp3) is 0.240. The van der Waals surface area contributed by atoms with Crippen molar-refractivity contribution in [3.8, 4) is 5.75 Å². The number of halogens is 2. The van der Waals surface area contributed by atoms with Crippen LogP contribution in [-0.2, 0) is 33.7 Å². The molecule has 0 aliphatic carbocycles. The summed E-state index contributed by atoms with van der Waals surface area (Å²) in [6, 6.07) is 19.6. The first-order valence-electron chi connectivity index (χ1n) is 10.4. The highest BCUT2D eigenvalue weighted by Gasteiger charge is 2.08. The first kappa shape index (κ1) is 22.5. The largest absolute Gasteiger partial charge is 0.489 e. The monoisotopic (exact) mass is 469 g/mol. The van der Waals surface area contributed by atoms with Gasteiger partial charge in [0.15, 0.2) is 0 Å². The minimum atomic E-state index is -0.0291. The third-order valence-electron chi connectivity index (χ3n) is 5.58. The number of nitrogens with zero attached hydrogens (tertiary/aromatic N) is 2. The average molecular weight is 470 g/mol. The smallest absolute Gasteiger partial charge is 0.328 e. The zero-order chi connectivity index (χ0) is 22.7. The summed E-state index contributed by atoms with van der Waals surface area (Å²) in [6.45, 7) is 2.03. The SMILES string of the molecule is Cn1c(=O)n(C)c2cc(COc3ccc(CNCCc4ccc(Cl)cc4Cl)cc3)ccc21. The van der Waals surface area contributed by atoms with Gasteiger partial charge in [-0.3, -0.25) is 9.13 Å². The van der Waals surface area contributed by atoms with Crippen molar-refractivity contribution in [1.82, 2.24) is 14.5 Å².